The number of fused-ring (bicyclic) bond motifs is 1. The molecule has 180 valence electrons. The van der Waals surface area contributed by atoms with Crippen LogP contribution in [0.4, 0.5) is 0 Å². The summed E-state index contributed by atoms with van der Waals surface area (Å²) in [5, 5.41) is 9.84. The molecule has 0 spiro atoms. The van der Waals surface area contributed by atoms with Crippen molar-refractivity contribution < 1.29 is 9.84 Å². The standard InChI is InChI=1S/C30H48O2/c1-20(2)10-8-11-21(3)27-15-16-28-24(12-9-17-30(27,28)6)13-14-25-18-26(19-31)23(5)29(32-7)22(25)4/h13-14,20-21,26-29,31H,4-5,8-12,15-19H2,1-3,6-7H3/b24-13+,25-14-/t21-,26+,27-,28+,29-,30-/m1/s1. The first-order valence-corrected chi connectivity index (χ1v) is 13.1. The Balaban J connectivity index is 1.75. The van der Waals surface area contributed by atoms with E-state index in [9.17, 15) is 5.11 Å². The lowest BCUT2D eigenvalue weighted by molar-refractivity contribution is 0.0929. The number of methoxy groups -OCH3 is 1. The first-order valence-electron chi connectivity index (χ1n) is 13.1. The lowest BCUT2D eigenvalue weighted by atomic mass is 9.60. The lowest BCUT2D eigenvalue weighted by Crippen LogP contribution is -2.36. The molecule has 2 heteroatoms. The Morgan fingerprint density at radius 2 is 1.91 bits per heavy atom. The van der Waals surface area contributed by atoms with E-state index < -0.39 is 0 Å². The van der Waals surface area contributed by atoms with Crippen LogP contribution in [0.25, 0.3) is 0 Å². The van der Waals surface area contributed by atoms with E-state index in [4.69, 9.17) is 4.74 Å². The maximum absolute atomic E-state index is 9.84. The van der Waals surface area contributed by atoms with Crippen molar-refractivity contribution in [3.8, 4) is 0 Å². The molecular formula is C30H48O2. The maximum atomic E-state index is 9.84. The molecule has 6 atom stereocenters. The second-order valence-electron chi connectivity index (χ2n) is 11.6. The molecule has 3 aliphatic carbocycles. The minimum absolute atomic E-state index is 0.0641. The fourth-order valence-corrected chi connectivity index (χ4v) is 7.26. The summed E-state index contributed by atoms with van der Waals surface area (Å²) in [6.45, 7) is 18.4. The Bertz CT molecular complexity index is 742. The summed E-state index contributed by atoms with van der Waals surface area (Å²) in [4.78, 5) is 0. The fraction of sp³-hybridized carbons (Fsp3) is 0.733. The highest BCUT2D eigenvalue weighted by molar-refractivity contribution is 5.45. The number of rotatable bonds is 8. The van der Waals surface area contributed by atoms with Gasteiger partial charge in [0.15, 0.2) is 0 Å². The van der Waals surface area contributed by atoms with Crippen LogP contribution >= 0.6 is 0 Å². The van der Waals surface area contributed by atoms with Crippen LogP contribution in [0.2, 0.25) is 0 Å². The highest BCUT2D eigenvalue weighted by Gasteiger charge is 2.50. The van der Waals surface area contributed by atoms with E-state index in [1.54, 1.807) is 12.7 Å². The van der Waals surface area contributed by atoms with Gasteiger partial charge in [0, 0.05) is 13.0 Å². The van der Waals surface area contributed by atoms with Crippen LogP contribution in [-0.4, -0.2) is 24.9 Å². The first kappa shape index (κ1) is 25.5. The largest absolute Gasteiger partial charge is 0.396 e. The Morgan fingerprint density at radius 3 is 2.56 bits per heavy atom. The quantitative estimate of drug-likeness (QED) is 0.393. The topological polar surface area (TPSA) is 29.5 Å². The molecular weight excluding hydrogens is 392 g/mol. The van der Waals surface area contributed by atoms with Crippen molar-refractivity contribution in [2.45, 2.75) is 91.6 Å². The average molecular weight is 441 g/mol. The molecule has 3 saturated carbocycles. The van der Waals surface area contributed by atoms with Crippen LogP contribution in [0.5, 0.6) is 0 Å². The number of aliphatic hydroxyl groups is 1. The van der Waals surface area contributed by atoms with Gasteiger partial charge in [-0.15, -0.1) is 0 Å². The predicted octanol–water partition coefficient (Wildman–Crippen LogP) is 7.66. The van der Waals surface area contributed by atoms with Crippen LogP contribution in [-0.2, 0) is 4.74 Å². The Kier molecular flexibility index (Phi) is 8.66. The van der Waals surface area contributed by atoms with E-state index in [1.165, 1.54) is 56.9 Å². The fourth-order valence-electron chi connectivity index (χ4n) is 7.26. The molecule has 0 amide bonds. The summed E-state index contributed by atoms with van der Waals surface area (Å²) >= 11 is 0. The molecule has 0 aromatic rings. The normalized spacial score (nSPS) is 36.8. The van der Waals surface area contributed by atoms with Crippen LogP contribution in [0.15, 0.2) is 47.6 Å². The van der Waals surface area contributed by atoms with Crippen molar-refractivity contribution in [1.29, 1.82) is 0 Å². The number of hydrogen-bond donors (Lipinski definition) is 1. The molecule has 0 saturated heterocycles. The molecule has 3 fully saturated rings. The molecule has 0 heterocycles. The van der Waals surface area contributed by atoms with E-state index >= 15 is 0 Å². The van der Waals surface area contributed by atoms with Crippen LogP contribution in [0.1, 0.15) is 85.5 Å². The van der Waals surface area contributed by atoms with E-state index in [2.05, 4.69) is 53.0 Å². The van der Waals surface area contributed by atoms with E-state index in [1.807, 2.05) is 0 Å². The molecule has 0 radical (unpaired) electrons. The van der Waals surface area contributed by atoms with Gasteiger partial charge in [0.1, 0.15) is 6.10 Å². The summed E-state index contributed by atoms with van der Waals surface area (Å²) in [7, 11) is 1.71. The van der Waals surface area contributed by atoms with Crippen LogP contribution in [0, 0.1) is 35.0 Å². The van der Waals surface area contributed by atoms with Gasteiger partial charge in [0.2, 0.25) is 0 Å². The third kappa shape index (κ3) is 5.17. The van der Waals surface area contributed by atoms with Crippen molar-refractivity contribution in [3.63, 3.8) is 0 Å². The van der Waals surface area contributed by atoms with Gasteiger partial charge in [-0.3, -0.25) is 0 Å². The minimum atomic E-state index is -0.176. The first-order chi connectivity index (χ1) is 15.2. The zero-order valence-corrected chi connectivity index (χ0v) is 21.5. The number of aliphatic hydroxyl groups excluding tert-OH is 1. The molecule has 3 aliphatic rings. The highest BCUT2D eigenvalue weighted by atomic mass is 16.5. The second-order valence-corrected chi connectivity index (χ2v) is 11.6. The monoisotopic (exact) mass is 440 g/mol. The smallest absolute Gasteiger partial charge is 0.103 e. The third-order valence-electron chi connectivity index (χ3n) is 9.18. The van der Waals surface area contributed by atoms with E-state index in [-0.39, 0.29) is 18.6 Å². The molecule has 1 N–H and O–H groups in total. The molecule has 0 aromatic heterocycles. The van der Waals surface area contributed by atoms with Crippen LogP contribution < -0.4 is 0 Å². The van der Waals surface area contributed by atoms with Gasteiger partial charge in [-0.2, -0.15) is 0 Å². The van der Waals surface area contributed by atoms with E-state index in [0.717, 1.165) is 41.2 Å². The molecule has 0 unspecified atom stereocenters. The zero-order valence-electron chi connectivity index (χ0n) is 21.5. The van der Waals surface area contributed by atoms with Crippen molar-refractivity contribution in [1.82, 2.24) is 0 Å². The lowest BCUT2D eigenvalue weighted by Gasteiger charge is -2.44. The molecule has 0 aliphatic heterocycles. The van der Waals surface area contributed by atoms with Gasteiger partial charge in [-0.1, -0.05) is 77.8 Å². The summed E-state index contributed by atoms with van der Waals surface area (Å²) in [6.07, 6.45) is 16.2. The van der Waals surface area contributed by atoms with E-state index in [0.29, 0.717) is 5.41 Å². The SMILES string of the molecule is C=C1/C(=C\C=C2/CCC[C@]3(C)[C@@H]([C@H](C)CCCC(C)C)CC[C@@H]23)C[C@@H](CO)C(=C)[C@@H]1OC. The van der Waals surface area contributed by atoms with Crippen molar-refractivity contribution in [2.24, 2.45) is 35.0 Å². The van der Waals surface area contributed by atoms with Gasteiger partial charge in [-0.25, -0.2) is 0 Å². The summed E-state index contributed by atoms with van der Waals surface area (Å²) in [6, 6.07) is 0. The van der Waals surface area contributed by atoms with Crippen molar-refractivity contribution in [2.75, 3.05) is 13.7 Å². The summed E-state index contributed by atoms with van der Waals surface area (Å²) in [5.74, 6) is 3.30. The van der Waals surface area contributed by atoms with Crippen molar-refractivity contribution >= 4 is 0 Å². The van der Waals surface area contributed by atoms with Crippen molar-refractivity contribution in [3.05, 3.63) is 47.6 Å². The van der Waals surface area contributed by atoms with Gasteiger partial charge < -0.3 is 9.84 Å². The number of allylic oxidation sites excluding steroid dienone is 3. The summed E-state index contributed by atoms with van der Waals surface area (Å²) < 4.78 is 5.67. The molecule has 3 rings (SSSR count). The number of ether oxygens (including phenoxy) is 1. The predicted molar refractivity (Wildman–Crippen MR) is 136 cm³/mol. The second kappa shape index (κ2) is 10.9. The van der Waals surface area contributed by atoms with Gasteiger partial charge in [0.05, 0.1) is 6.61 Å². The number of hydrogen-bond acceptors (Lipinski definition) is 2. The average Bonchev–Trinajstić information content (AvgIpc) is 3.11. The molecule has 2 nitrogen and oxygen atoms in total. The third-order valence-corrected chi connectivity index (χ3v) is 9.18. The van der Waals surface area contributed by atoms with Crippen LogP contribution in [0.3, 0.4) is 0 Å². The zero-order chi connectivity index (χ0) is 23.5. The van der Waals surface area contributed by atoms with Gasteiger partial charge in [-0.05, 0) is 84.3 Å². The Hall–Kier alpha value is -1.12. The Labute approximate surface area is 197 Å². The Morgan fingerprint density at radius 1 is 1.16 bits per heavy atom. The molecule has 0 bridgehead atoms. The van der Waals surface area contributed by atoms with Gasteiger partial charge in [0.25, 0.3) is 0 Å². The highest BCUT2D eigenvalue weighted by Crippen LogP contribution is 2.60. The maximum Gasteiger partial charge on any atom is 0.103 e. The summed E-state index contributed by atoms with van der Waals surface area (Å²) in [5.41, 5.74) is 5.30. The molecule has 32 heavy (non-hydrogen) atoms. The molecule has 0 aromatic carbocycles. The minimum Gasteiger partial charge on any atom is -0.396 e. The van der Waals surface area contributed by atoms with Gasteiger partial charge >= 0.3 is 0 Å².